The van der Waals surface area contributed by atoms with Crippen LogP contribution in [0, 0.1) is 0 Å². The molecule has 0 aliphatic carbocycles. The lowest BCUT2D eigenvalue weighted by molar-refractivity contribution is 0.0685. The van der Waals surface area contributed by atoms with Crippen LogP contribution in [0.3, 0.4) is 0 Å². The molecule has 1 atom stereocenters. The monoisotopic (exact) mass is 284 g/mol. The highest BCUT2D eigenvalue weighted by Gasteiger charge is 2.13. The van der Waals surface area contributed by atoms with E-state index in [-0.39, 0.29) is 11.5 Å². The van der Waals surface area contributed by atoms with Gasteiger partial charge in [-0.25, -0.2) is 9.59 Å². The predicted molar refractivity (Wildman–Crippen MR) is 78.9 cm³/mol. The third kappa shape index (κ3) is 3.48. The Morgan fingerprint density at radius 2 is 1.57 bits per heavy atom. The lowest BCUT2D eigenvalue weighted by Crippen LogP contribution is -2.06. The molecule has 2 N–H and O–H groups in total. The van der Waals surface area contributed by atoms with Gasteiger partial charge in [-0.15, -0.1) is 0 Å². The van der Waals surface area contributed by atoms with Gasteiger partial charge in [0.2, 0.25) is 0 Å². The van der Waals surface area contributed by atoms with Crippen molar-refractivity contribution in [1.29, 1.82) is 0 Å². The van der Waals surface area contributed by atoms with E-state index in [9.17, 15) is 14.7 Å². The number of hydrogen-bond acceptors (Lipinski definition) is 2. The first-order valence-corrected chi connectivity index (χ1v) is 6.63. The molecule has 21 heavy (non-hydrogen) atoms. The summed E-state index contributed by atoms with van der Waals surface area (Å²) in [5.41, 5.74) is 2.32. The molecule has 0 spiro atoms. The molecule has 0 heterocycles. The molecule has 0 amide bonds. The smallest absolute Gasteiger partial charge is 0.335 e. The summed E-state index contributed by atoms with van der Waals surface area (Å²) in [5.74, 6) is -1.78. The standard InChI is InChI=1S/C17H16O4/c1-11(12-6-8-13(9-7-12)16(18)19)10-14-4-2-3-5-15(14)17(20)21/h2-9,11H,10H2,1H3,(H,18,19)(H,20,21). The number of carboxylic acid groups (broad SMARTS) is 2. The third-order valence-electron chi connectivity index (χ3n) is 3.50. The summed E-state index contributed by atoms with van der Waals surface area (Å²) >= 11 is 0. The van der Waals surface area contributed by atoms with Gasteiger partial charge in [-0.3, -0.25) is 0 Å². The third-order valence-corrected chi connectivity index (χ3v) is 3.50. The molecule has 2 aromatic rings. The minimum absolute atomic E-state index is 0.105. The van der Waals surface area contributed by atoms with E-state index in [0.29, 0.717) is 12.0 Å². The summed E-state index contributed by atoms with van der Waals surface area (Å²) in [6.45, 7) is 1.99. The summed E-state index contributed by atoms with van der Waals surface area (Å²) < 4.78 is 0. The summed E-state index contributed by atoms with van der Waals surface area (Å²) in [5, 5.41) is 18.1. The number of carboxylic acids is 2. The number of aromatic carboxylic acids is 2. The first kappa shape index (κ1) is 14.8. The molecule has 4 nitrogen and oxygen atoms in total. The first-order chi connectivity index (χ1) is 9.99. The summed E-state index contributed by atoms with van der Waals surface area (Å²) in [6, 6.07) is 13.6. The van der Waals surface area contributed by atoms with Crippen LogP contribution in [0.15, 0.2) is 48.5 Å². The Hall–Kier alpha value is -2.62. The Morgan fingerprint density at radius 3 is 2.14 bits per heavy atom. The van der Waals surface area contributed by atoms with Crippen LogP contribution in [0.4, 0.5) is 0 Å². The van der Waals surface area contributed by atoms with Crippen LogP contribution in [0.1, 0.15) is 44.7 Å². The van der Waals surface area contributed by atoms with Crippen molar-refractivity contribution in [3.05, 3.63) is 70.8 Å². The second-order valence-electron chi connectivity index (χ2n) is 4.99. The van der Waals surface area contributed by atoms with Crippen LogP contribution in [0.2, 0.25) is 0 Å². The molecule has 0 saturated carbocycles. The highest BCUT2D eigenvalue weighted by Crippen LogP contribution is 2.23. The Bertz CT molecular complexity index is 659. The second kappa shape index (κ2) is 6.22. The first-order valence-electron chi connectivity index (χ1n) is 6.63. The Labute approximate surface area is 122 Å². The topological polar surface area (TPSA) is 74.6 Å². The second-order valence-corrected chi connectivity index (χ2v) is 4.99. The van der Waals surface area contributed by atoms with Crippen molar-refractivity contribution in [3.8, 4) is 0 Å². The number of hydrogen-bond donors (Lipinski definition) is 2. The van der Waals surface area contributed by atoms with Crippen LogP contribution in [-0.2, 0) is 6.42 Å². The minimum atomic E-state index is -0.953. The number of rotatable bonds is 5. The van der Waals surface area contributed by atoms with E-state index in [1.165, 1.54) is 0 Å². The van der Waals surface area contributed by atoms with Crippen molar-refractivity contribution in [2.24, 2.45) is 0 Å². The Balaban J connectivity index is 2.20. The van der Waals surface area contributed by atoms with Crippen LogP contribution in [0.25, 0.3) is 0 Å². The molecule has 0 bridgehead atoms. The zero-order chi connectivity index (χ0) is 15.4. The largest absolute Gasteiger partial charge is 0.478 e. The molecule has 108 valence electrons. The SMILES string of the molecule is CC(Cc1ccccc1C(=O)O)c1ccc(C(=O)O)cc1. The maximum atomic E-state index is 11.2. The van der Waals surface area contributed by atoms with Gasteiger partial charge in [-0.1, -0.05) is 37.3 Å². The van der Waals surface area contributed by atoms with Gasteiger partial charge in [0.1, 0.15) is 0 Å². The van der Waals surface area contributed by atoms with Crippen molar-refractivity contribution in [3.63, 3.8) is 0 Å². The molecular formula is C17H16O4. The van der Waals surface area contributed by atoms with Gasteiger partial charge < -0.3 is 10.2 Å². The summed E-state index contributed by atoms with van der Waals surface area (Å²) in [4.78, 5) is 22.0. The van der Waals surface area contributed by atoms with E-state index in [0.717, 1.165) is 11.1 Å². The maximum Gasteiger partial charge on any atom is 0.335 e. The molecule has 4 heteroatoms. The highest BCUT2D eigenvalue weighted by atomic mass is 16.4. The normalized spacial score (nSPS) is 11.9. The lowest BCUT2D eigenvalue weighted by Gasteiger charge is -2.14. The molecule has 0 radical (unpaired) electrons. The fourth-order valence-electron chi connectivity index (χ4n) is 2.31. The van der Waals surface area contributed by atoms with E-state index in [4.69, 9.17) is 5.11 Å². The lowest BCUT2D eigenvalue weighted by atomic mass is 9.91. The van der Waals surface area contributed by atoms with Crippen LogP contribution in [0.5, 0.6) is 0 Å². The Kier molecular flexibility index (Phi) is 4.38. The van der Waals surface area contributed by atoms with E-state index in [1.807, 2.05) is 19.1 Å². The van der Waals surface area contributed by atoms with Gasteiger partial charge >= 0.3 is 11.9 Å². The van der Waals surface area contributed by atoms with Crippen molar-refractivity contribution >= 4 is 11.9 Å². The molecule has 0 fully saturated rings. The molecular weight excluding hydrogens is 268 g/mol. The number of benzene rings is 2. The zero-order valence-corrected chi connectivity index (χ0v) is 11.6. The zero-order valence-electron chi connectivity index (χ0n) is 11.6. The van der Waals surface area contributed by atoms with Gasteiger partial charge in [-0.2, -0.15) is 0 Å². The summed E-state index contributed by atoms with van der Waals surface area (Å²) in [6.07, 6.45) is 0.592. The minimum Gasteiger partial charge on any atom is -0.478 e. The van der Waals surface area contributed by atoms with E-state index < -0.39 is 11.9 Å². The van der Waals surface area contributed by atoms with Crippen molar-refractivity contribution in [2.45, 2.75) is 19.3 Å². The van der Waals surface area contributed by atoms with E-state index in [1.54, 1.807) is 36.4 Å². The van der Waals surface area contributed by atoms with Gasteiger partial charge in [0, 0.05) is 0 Å². The molecule has 0 aliphatic heterocycles. The number of carbonyl (C=O) groups is 2. The van der Waals surface area contributed by atoms with Gasteiger partial charge in [-0.05, 0) is 41.7 Å². The van der Waals surface area contributed by atoms with Crippen molar-refractivity contribution < 1.29 is 19.8 Å². The fourth-order valence-corrected chi connectivity index (χ4v) is 2.31. The predicted octanol–water partition coefficient (Wildman–Crippen LogP) is 3.43. The Morgan fingerprint density at radius 1 is 0.952 bits per heavy atom. The van der Waals surface area contributed by atoms with E-state index >= 15 is 0 Å². The van der Waals surface area contributed by atoms with E-state index in [2.05, 4.69) is 0 Å². The van der Waals surface area contributed by atoms with Gasteiger partial charge in [0.15, 0.2) is 0 Å². The average molecular weight is 284 g/mol. The molecule has 0 saturated heterocycles. The molecule has 0 aliphatic rings. The summed E-state index contributed by atoms with van der Waals surface area (Å²) in [7, 11) is 0. The molecule has 2 aromatic carbocycles. The van der Waals surface area contributed by atoms with Crippen LogP contribution >= 0.6 is 0 Å². The quantitative estimate of drug-likeness (QED) is 0.882. The maximum absolute atomic E-state index is 11.2. The average Bonchev–Trinajstić information content (AvgIpc) is 2.47. The van der Waals surface area contributed by atoms with Crippen molar-refractivity contribution in [2.75, 3.05) is 0 Å². The molecule has 2 rings (SSSR count). The molecule has 1 unspecified atom stereocenters. The van der Waals surface area contributed by atoms with Crippen molar-refractivity contribution in [1.82, 2.24) is 0 Å². The molecule has 0 aromatic heterocycles. The van der Waals surface area contributed by atoms with Crippen LogP contribution < -0.4 is 0 Å². The van der Waals surface area contributed by atoms with Gasteiger partial charge in [0.05, 0.1) is 11.1 Å². The van der Waals surface area contributed by atoms with Crippen LogP contribution in [-0.4, -0.2) is 22.2 Å². The van der Waals surface area contributed by atoms with Gasteiger partial charge in [0.25, 0.3) is 0 Å². The highest BCUT2D eigenvalue weighted by molar-refractivity contribution is 5.89. The fraction of sp³-hybridized carbons (Fsp3) is 0.176.